The van der Waals surface area contributed by atoms with Crippen LogP contribution in [0.3, 0.4) is 0 Å². The van der Waals surface area contributed by atoms with Crippen molar-refractivity contribution in [3.05, 3.63) is 57.6 Å². The van der Waals surface area contributed by atoms with E-state index in [2.05, 4.69) is 20.6 Å². The highest BCUT2D eigenvalue weighted by Gasteiger charge is 2.16. The van der Waals surface area contributed by atoms with Gasteiger partial charge in [0.25, 0.3) is 11.5 Å². The molecule has 1 aliphatic rings. The number of hydrogen-bond acceptors (Lipinski definition) is 6. The van der Waals surface area contributed by atoms with Crippen LogP contribution in [0.25, 0.3) is 11.3 Å². The average molecular weight is 409 g/mol. The van der Waals surface area contributed by atoms with Gasteiger partial charge in [-0.1, -0.05) is 0 Å². The van der Waals surface area contributed by atoms with E-state index in [4.69, 9.17) is 9.47 Å². The maximum atomic E-state index is 12.5. The Hall–Kier alpha value is -3.62. The number of H-pyrrole nitrogens is 1. The predicted molar refractivity (Wildman–Crippen MR) is 110 cm³/mol. The summed E-state index contributed by atoms with van der Waals surface area (Å²) in [6.07, 6.45) is 2.84. The molecular weight excluding hydrogens is 386 g/mol. The molecule has 2 heterocycles. The number of methoxy groups -OCH3 is 2. The summed E-state index contributed by atoms with van der Waals surface area (Å²) < 4.78 is 12.0. The van der Waals surface area contributed by atoms with Gasteiger partial charge in [0.1, 0.15) is 17.2 Å². The van der Waals surface area contributed by atoms with Gasteiger partial charge in [0.15, 0.2) is 0 Å². The van der Waals surface area contributed by atoms with E-state index >= 15 is 0 Å². The largest absolute Gasteiger partial charge is 0.497 e. The molecule has 0 aliphatic heterocycles. The van der Waals surface area contributed by atoms with Crippen molar-refractivity contribution in [2.45, 2.75) is 25.8 Å². The van der Waals surface area contributed by atoms with Crippen molar-refractivity contribution < 1.29 is 14.3 Å². The van der Waals surface area contributed by atoms with Gasteiger partial charge in [-0.15, -0.1) is 0 Å². The summed E-state index contributed by atoms with van der Waals surface area (Å²) in [4.78, 5) is 24.6. The van der Waals surface area contributed by atoms with Crippen LogP contribution in [0, 0.1) is 0 Å². The molecule has 0 atom stereocenters. The van der Waals surface area contributed by atoms with E-state index in [1.54, 1.807) is 44.6 Å². The van der Waals surface area contributed by atoms with Crippen LogP contribution >= 0.6 is 0 Å². The van der Waals surface area contributed by atoms with Crippen LogP contribution in [0.1, 0.15) is 28.2 Å². The quantitative estimate of drug-likeness (QED) is 0.613. The zero-order valence-electron chi connectivity index (χ0n) is 16.9. The number of hydrogen-bond donors (Lipinski definition) is 2. The number of fused-ring (bicyclic) bond motifs is 1. The smallest absolute Gasteiger partial charge is 0.269 e. The molecule has 2 N–H and O–H groups in total. The molecule has 0 bridgehead atoms. The molecule has 1 amide bonds. The van der Waals surface area contributed by atoms with Crippen LogP contribution in [-0.2, 0) is 19.4 Å². The minimum absolute atomic E-state index is 0.140. The number of carbonyl (C=O) groups is 1. The van der Waals surface area contributed by atoms with E-state index < -0.39 is 0 Å². The van der Waals surface area contributed by atoms with Crippen molar-refractivity contribution >= 4 is 5.91 Å². The van der Waals surface area contributed by atoms with Gasteiger partial charge in [0.2, 0.25) is 0 Å². The summed E-state index contributed by atoms with van der Waals surface area (Å²) in [6.45, 7) is 0.587. The van der Waals surface area contributed by atoms with Crippen LogP contribution in [-0.4, -0.2) is 46.6 Å². The maximum Gasteiger partial charge on any atom is 0.269 e. The second-order valence-electron chi connectivity index (χ2n) is 7.02. The van der Waals surface area contributed by atoms with Crippen LogP contribution in [0.4, 0.5) is 0 Å². The number of rotatable bonds is 7. The third kappa shape index (κ3) is 3.91. The summed E-state index contributed by atoms with van der Waals surface area (Å²) >= 11 is 0. The number of benzene rings is 1. The number of amides is 1. The number of nitrogens with zero attached hydrogens (tertiary/aromatic N) is 3. The minimum Gasteiger partial charge on any atom is -0.497 e. The first-order valence-electron chi connectivity index (χ1n) is 9.75. The van der Waals surface area contributed by atoms with Crippen molar-refractivity contribution in [3.63, 3.8) is 0 Å². The Morgan fingerprint density at radius 2 is 2.07 bits per heavy atom. The first-order chi connectivity index (χ1) is 14.6. The van der Waals surface area contributed by atoms with E-state index in [1.165, 1.54) is 4.68 Å². The fourth-order valence-electron chi connectivity index (χ4n) is 3.56. The maximum absolute atomic E-state index is 12.5. The average Bonchev–Trinajstić information content (AvgIpc) is 3.42. The van der Waals surface area contributed by atoms with Gasteiger partial charge in [-0.3, -0.25) is 14.7 Å². The number of nitrogens with one attached hydrogen (secondary N) is 2. The van der Waals surface area contributed by atoms with E-state index in [9.17, 15) is 9.59 Å². The van der Waals surface area contributed by atoms with Gasteiger partial charge >= 0.3 is 0 Å². The van der Waals surface area contributed by atoms with Crippen molar-refractivity contribution in [1.29, 1.82) is 0 Å². The van der Waals surface area contributed by atoms with Gasteiger partial charge in [0.05, 0.1) is 32.2 Å². The fourth-order valence-corrected chi connectivity index (χ4v) is 3.56. The topological polar surface area (TPSA) is 111 Å². The van der Waals surface area contributed by atoms with Crippen molar-refractivity contribution in [2.75, 3.05) is 20.8 Å². The molecular formula is C21H23N5O4. The van der Waals surface area contributed by atoms with Gasteiger partial charge in [-0.2, -0.15) is 10.2 Å². The molecule has 0 radical (unpaired) electrons. The monoisotopic (exact) mass is 409 g/mol. The minimum atomic E-state index is -0.315. The fraction of sp³-hybridized carbons (Fsp3) is 0.333. The molecule has 0 saturated carbocycles. The SMILES string of the molecule is COc1ccc(OC)c(-c2cc(C(=O)NCCn3nc4c(cc3=O)CCC4)[nH]n2)c1. The number of carbonyl (C=O) groups excluding carboxylic acids is 1. The van der Waals surface area contributed by atoms with Crippen LogP contribution in [0.2, 0.25) is 0 Å². The highest BCUT2D eigenvalue weighted by atomic mass is 16.5. The lowest BCUT2D eigenvalue weighted by molar-refractivity contribution is 0.0946. The highest BCUT2D eigenvalue weighted by molar-refractivity contribution is 5.93. The Balaban J connectivity index is 1.42. The van der Waals surface area contributed by atoms with Crippen LogP contribution in [0.15, 0.2) is 35.1 Å². The summed E-state index contributed by atoms with van der Waals surface area (Å²) in [5.74, 6) is 0.966. The molecule has 1 aromatic carbocycles. The summed E-state index contributed by atoms with van der Waals surface area (Å²) in [6, 6.07) is 8.66. The standard InChI is InChI=1S/C21H23N5O4/c1-29-14-6-7-19(30-2)15(11-14)17-12-18(24-23-17)21(28)22-8-9-26-20(27)10-13-4-3-5-16(13)25-26/h6-7,10-12H,3-5,8-9H2,1-2H3,(H,22,28)(H,23,24). The molecule has 0 fully saturated rings. The number of aromatic nitrogens is 4. The first-order valence-corrected chi connectivity index (χ1v) is 9.75. The molecule has 9 nitrogen and oxygen atoms in total. The summed E-state index contributed by atoms with van der Waals surface area (Å²) in [5.41, 5.74) is 3.46. The molecule has 156 valence electrons. The zero-order valence-corrected chi connectivity index (χ0v) is 16.9. The normalized spacial score (nSPS) is 12.5. The van der Waals surface area contributed by atoms with Gasteiger partial charge in [-0.05, 0) is 49.1 Å². The lowest BCUT2D eigenvalue weighted by Gasteiger charge is -2.08. The Kier molecular flexibility index (Phi) is 5.51. The first kappa shape index (κ1) is 19.7. The third-order valence-corrected chi connectivity index (χ3v) is 5.14. The second-order valence-corrected chi connectivity index (χ2v) is 7.02. The molecule has 0 unspecified atom stereocenters. The molecule has 2 aromatic heterocycles. The number of aryl methyl sites for hydroxylation is 2. The summed E-state index contributed by atoms with van der Waals surface area (Å²) in [7, 11) is 3.15. The van der Waals surface area contributed by atoms with E-state index in [1.807, 2.05) is 0 Å². The Morgan fingerprint density at radius 3 is 2.87 bits per heavy atom. The molecule has 30 heavy (non-hydrogen) atoms. The van der Waals surface area contributed by atoms with Crippen molar-refractivity contribution in [3.8, 4) is 22.8 Å². The van der Waals surface area contributed by atoms with Gasteiger partial charge in [0, 0.05) is 18.2 Å². The second kappa shape index (κ2) is 8.40. The molecule has 9 heteroatoms. The van der Waals surface area contributed by atoms with E-state index in [0.29, 0.717) is 35.0 Å². The van der Waals surface area contributed by atoms with Crippen LogP contribution in [0.5, 0.6) is 11.5 Å². The van der Waals surface area contributed by atoms with Crippen molar-refractivity contribution in [2.24, 2.45) is 0 Å². The third-order valence-electron chi connectivity index (χ3n) is 5.14. The molecule has 0 spiro atoms. The lowest BCUT2D eigenvalue weighted by Crippen LogP contribution is -2.32. The van der Waals surface area contributed by atoms with E-state index in [0.717, 1.165) is 30.5 Å². The lowest BCUT2D eigenvalue weighted by atomic mass is 10.1. The number of ether oxygens (including phenoxy) is 2. The molecule has 3 aromatic rings. The number of aromatic amines is 1. The predicted octanol–water partition coefficient (Wildman–Crippen LogP) is 1.57. The van der Waals surface area contributed by atoms with Crippen molar-refractivity contribution in [1.82, 2.24) is 25.3 Å². The Morgan fingerprint density at radius 1 is 1.20 bits per heavy atom. The molecule has 1 aliphatic carbocycles. The Labute approximate surface area is 173 Å². The van der Waals surface area contributed by atoms with Gasteiger partial charge < -0.3 is 14.8 Å². The van der Waals surface area contributed by atoms with Gasteiger partial charge in [-0.25, -0.2) is 4.68 Å². The summed E-state index contributed by atoms with van der Waals surface area (Å²) in [5, 5.41) is 14.2. The molecule has 4 rings (SSSR count). The Bertz CT molecular complexity index is 1130. The zero-order chi connectivity index (χ0) is 21.1. The van der Waals surface area contributed by atoms with E-state index in [-0.39, 0.29) is 18.0 Å². The van der Waals surface area contributed by atoms with Crippen LogP contribution < -0.4 is 20.3 Å². The highest BCUT2D eigenvalue weighted by Crippen LogP contribution is 2.32. The molecule has 0 saturated heterocycles.